The number of β-lactam (4-membered cyclic amide) rings is 1. The van der Waals surface area contributed by atoms with Crippen LogP contribution in [0.5, 0.6) is 0 Å². The average molecular weight is 233 g/mol. The lowest BCUT2D eigenvalue weighted by Gasteiger charge is -2.44. The molecule has 0 atom stereocenters. The van der Waals surface area contributed by atoms with Crippen molar-refractivity contribution in [1.29, 1.82) is 0 Å². The molecule has 1 fully saturated rings. The molecule has 2 rings (SSSR count). The molecule has 1 aromatic rings. The van der Waals surface area contributed by atoms with Gasteiger partial charge in [-0.3, -0.25) is 4.79 Å². The third kappa shape index (κ3) is 1.79. The Balaban J connectivity index is 2.35. The molecule has 1 saturated heterocycles. The van der Waals surface area contributed by atoms with E-state index in [0.717, 1.165) is 0 Å². The minimum atomic E-state index is -0.418. The van der Waals surface area contributed by atoms with Gasteiger partial charge in [0.25, 0.3) is 0 Å². The van der Waals surface area contributed by atoms with E-state index < -0.39 is 5.97 Å². The molecule has 0 unspecified atom stereocenters. The van der Waals surface area contributed by atoms with E-state index in [9.17, 15) is 9.59 Å². The summed E-state index contributed by atoms with van der Waals surface area (Å²) in [5.41, 5.74) is 0.728. The molecule has 0 radical (unpaired) electrons. The number of nitrogens with zero attached hydrogens (tertiary/aromatic N) is 1. The van der Waals surface area contributed by atoms with Crippen LogP contribution in [-0.2, 0) is 9.53 Å². The first kappa shape index (κ1) is 11.6. The lowest BCUT2D eigenvalue weighted by atomic mass is 9.82. The van der Waals surface area contributed by atoms with Gasteiger partial charge in [0.15, 0.2) is 0 Å². The van der Waals surface area contributed by atoms with Crippen LogP contribution < -0.4 is 4.90 Å². The highest BCUT2D eigenvalue weighted by Gasteiger charge is 2.45. The highest BCUT2D eigenvalue weighted by Crippen LogP contribution is 2.36. The van der Waals surface area contributed by atoms with E-state index in [4.69, 9.17) is 4.74 Å². The normalized spacial score (nSPS) is 17.6. The Kier molecular flexibility index (Phi) is 2.65. The average Bonchev–Trinajstić information content (AvgIpc) is 2.35. The maximum absolute atomic E-state index is 11.9. The molecule has 0 saturated carbocycles. The van der Waals surface area contributed by atoms with Crippen molar-refractivity contribution in [2.45, 2.75) is 13.8 Å². The summed E-state index contributed by atoms with van der Waals surface area (Å²) >= 11 is 0. The Hall–Kier alpha value is -1.84. The summed E-state index contributed by atoms with van der Waals surface area (Å²) in [4.78, 5) is 25.1. The van der Waals surface area contributed by atoms with Crippen LogP contribution in [0.4, 0.5) is 5.69 Å². The minimum absolute atomic E-state index is 0.0360. The number of hydrogen-bond acceptors (Lipinski definition) is 3. The van der Waals surface area contributed by atoms with Gasteiger partial charge in [-0.25, -0.2) is 4.79 Å². The molecule has 1 amide bonds. The number of carbonyl (C=O) groups is 2. The molecule has 0 spiro atoms. The molecule has 17 heavy (non-hydrogen) atoms. The number of esters is 1. The second-order valence-corrected chi connectivity index (χ2v) is 4.78. The molecule has 0 N–H and O–H groups in total. The smallest absolute Gasteiger partial charge is 0.339 e. The zero-order valence-electron chi connectivity index (χ0n) is 10.2. The van der Waals surface area contributed by atoms with Crippen molar-refractivity contribution >= 4 is 17.6 Å². The van der Waals surface area contributed by atoms with Crippen molar-refractivity contribution in [2.24, 2.45) is 5.41 Å². The van der Waals surface area contributed by atoms with Crippen molar-refractivity contribution in [3.05, 3.63) is 29.8 Å². The molecule has 1 heterocycles. The van der Waals surface area contributed by atoms with Gasteiger partial charge in [0.1, 0.15) is 0 Å². The van der Waals surface area contributed by atoms with Crippen LogP contribution >= 0.6 is 0 Å². The van der Waals surface area contributed by atoms with Gasteiger partial charge in [-0.1, -0.05) is 12.1 Å². The highest BCUT2D eigenvalue weighted by atomic mass is 16.5. The van der Waals surface area contributed by atoms with Gasteiger partial charge in [-0.15, -0.1) is 0 Å². The first-order valence-electron chi connectivity index (χ1n) is 5.46. The molecule has 0 bridgehead atoms. The summed E-state index contributed by atoms with van der Waals surface area (Å²) in [5.74, 6) is -0.382. The van der Waals surface area contributed by atoms with Crippen molar-refractivity contribution in [3.63, 3.8) is 0 Å². The number of para-hydroxylation sites is 1. The van der Waals surface area contributed by atoms with E-state index in [1.807, 2.05) is 13.8 Å². The SMILES string of the molecule is COC(=O)c1ccccc1N1CC(C)(C)C1=O. The largest absolute Gasteiger partial charge is 0.465 e. The zero-order chi connectivity index (χ0) is 12.6. The number of benzene rings is 1. The lowest BCUT2D eigenvalue weighted by Crippen LogP contribution is -2.59. The first-order valence-corrected chi connectivity index (χ1v) is 5.46. The zero-order valence-corrected chi connectivity index (χ0v) is 10.2. The fraction of sp³-hybridized carbons (Fsp3) is 0.385. The van der Waals surface area contributed by atoms with Crippen LogP contribution in [0.3, 0.4) is 0 Å². The molecule has 1 aliphatic rings. The molecule has 0 aliphatic carbocycles. The lowest BCUT2D eigenvalue weighted by molar-refractivity contribution is -0.132. The highest BCUT2D eigenvalue weighted by molar-refractivity contribution is 6.08. The van der Waals surface area contributed by atoms with Gasteiger partial charge in [0.05, 0.1) is 23.8 Å². The Morgan fingerprint density at radius 2 is 2.00 bits per heavy atom. The Bertz CT molecular complexity index is 479. The number of hydrogen-bond donors (Lipinski definition) is 0. The van der Waals surface area contributed by atoms with Gasteiger partial charge in [0.2, 0.25) is 5.91 Å². The fourth-order valence-corrected chi connectivity index (χ4v) is 1.99. The van der Waals surface area contributed by atoms with E-state index in [1.54, 1.807) is 29.2 Å². The monoisotopic (exact) mass is 233 g/mol. The molecule has 1 aromatic carbocycles. The fourth-order valence-electron chi connectivity index (χ4n) is 1.99. The molecule has 0 aromatic heterocycles. The molecule has 90 valence electrons. The predicted molar refractivity (Wildman–Crippen MR) is 63.9 cm³/mol. The standard InChI is InChI=1S/C13H15NO3/c1-13(2)8-14(12(13)16)10-7-5-4-6-9(10)11(15)17-3/h4-7H,8H2,1-3H3. The second-order valence-electron chi connectivity index (χ2n) is 4.78. The van der Waals surface area contributed by atoms with Crippen LogP contribution in [0, 0.1) is 5.41 Å². The van der Waals surface area contributed by atoms with Crippen molar-refractivity contribution in [2.75, 3.05) is 18.6 Å². The number of rotatable bonds is 2. The van der Waals surface area contributed by atoms with E-state index >= 15 is 0 Å². The molecule has 4 heteroatoms. The van der Waals surface area contributed by atoms with E-state index in [0.29, 0.717) is 17.8 Å². The summed E-state index contributed by atoms with van der Waals surface area (Å²) in [6.07, 6.45) is 0. The molecular formula is C13H15NO3. The molecule has 1 aliphatic heterocycles. The Morgan fingerprint density at radius 1 is 1.35 bits per heavy atom. The van der Waals surface area contributed by atoms with Crippen molar-refractivity contribution in [3.8, 4) is 0 Å². The summed E-state index contributed by atoms with van der Waals surface area (Å²) < 4.78 is 4.71. The topological polar surface area (TPSA) is 46.6 Å². The quantitative estimate of drug-likeness (QED) is 0.578. The van der Waals surface area contributed by atoms with Gasteiger partial charge in [-0.05, 0) is 26.0 Å². The van der Waals surface area contributed by atoms with Crippen LogP contribution in [0.2, 0.25) is 0 Å². The van der Waals surface area contributed by atoms with Gasteiger partial charge in [-0.2, -0.15) is 0 Å². The number of anilines is 1. The van der Waals surface area contributed by atoms with E-state index in [-0.39, 0.29) is 11.3 Å². The van der Waals surface area contributed by atoms with Crippen LogP contribution in [0.1, 0.15) is 24.2 Å². The number of carbonyl (C=O) groups excluding carboxylic acids is 2. The second kappa shape index (κ2) is 3.87. The third-order valence-electron chi connectivity index (χ3n) is 2.98. The van der Waals surface area contributed by atoms with Gasteiger partial charge >= 0.3 is 5.97 Å². The van der Waals surface area contributed by atoms with Crippen LogP contribution in [0.25, 0.3) is 0 Å². The Labute approximate surface area is 100 Å². The number of ether oxygens (including phenoxy) is 1. The minimum Gasteiger partial charge on any atom is -0.465 e. The summed E-state index contributed by atoms with van der Waals surface area (Å²) in [5, 5.41) is 0. The van der Waals surface area contributed by atoms with Crippen LogP contribution in [-0.4, -0.2) is 25.5 Å². The first-order chi connectivity index (χ1) is 7.97. The summed E-state index contributed by atoms with van der Waals surface area (Å²) in [6, 6.07) is 6.99. The van der Waals surface area contributed by atoms with E-state index in [1.165, 1.54) is 7.11 Å². The Morgan fingerprint density at radius 3 is 2.53 bits per heavy atom. The molecular weight excluding hydrogens is 218 g/mol. The maximum atomic E-state index is 11.9. The third-order valence-corrected chi connectivity index (χ3v) is 2.98. The van der Waals surface area contributed by atoms with Crippen molar-refractivity contribution < 1.29 is 14.3 Å². The number of amides is 1. The van der Waals surface area contributed by atoms with Crippen molar-refractivity contribution in [1.82, 2.24) is 0 Å². The van der Waals surface area contributed by atoms with Gasteiger partial charge in [0, 0.05) is 6.54 Å². The number of methoxy groups -OCH3 is 1. The predicted octanol–water partition coefficient (Wildman–Crippen LogP) is 1.85. The van der Waals surface area contributed by atoms with Crippen LogP contribution in [0.15, 0.2) is 24.3 Å². The van der Waals surface area contributed by atoms with E-state index in [2.05, 4.69) is 0 Å². The summed E-state index contributed by atoms with van der Waals surface area (Å²) in [7, 11) is 1.33. The van der Waals surface area contributed by atoms with Gasteiger partial charge < -0.3 is 9.64 Å². The maximum Gasteiger partial charge on any atom is 0.339 e. The summed E-state index contributed by atoms with van der Waals surface area (Å²) in [6.45, 7) is 4.42. The molecule has 4 nitrogen and oxygen atoms in total.